The van der Waals surface area contributed by atoms with Crippen molar-refractivity contribution in [1.82, 2.24) is 10.2 Å². The number of nitrogens with zero attached hydrogens (tertiary/aromatic N) is 1. The Morgan fingerprint density at radius 1 is 1.00 bits per heavy atom. The SMILES string of the molecule is O=C(Cc1ccc2c(c1)COC2)NC1[C@H]2CN(Cc3ccccc3)C[C@@H]12. The van der Waals surface area contributed by atoms with Crippen LogP contribution < -0.4 is 5.32 Å². The largest absolute Gasteiger partial charge is 0.372 e. The number of carbonyl (C=O) groups is 1. The molecule has 2 aromatic rings. The highest BCUT2D eigenvalue weighted by atomic mass is 16.5. The van der Waals surface area contributed by atoms with Crippen LogP contribution in [0.1, 0.15) is 22.3 Å². The van der Waals surface area contributed by atoms with Gasteiger partial charge >= 0.3 is 0 Å². The maximum absolute atomic E-state index is 12.4. The monoisotopic (exact) mass is 348 g/mol. The van der Waals surface area contributed by atoms with Gasteiger partial charge in [0.15, 0.2) is 0 Å². The molecule has 2 heterocycles. The smallest absolute Gasteiger partial charge is 0.224 e. The van der Waals surface area contributed by atoms with Gasteiger partial charge in [-0.25, -0.2) is 0 Å². The number of piperidine rings is 1. The van der Waals surface area contributed by atoms with Gasteiger partial charge in [-0.2, -0.15) is 0 Å². The molecule has 4 nitrogen and oxygen atoms in total. The van der Waals surface area contributed by atoms with E-state index in [4.69, 9.17) is 4.74 Å². The van der Waals surface area contributed by atoms with Crippen molar-refractivity contribution in [2.75, 3.05) is 13.1 Å². The minimum Gasteiger partial charge on any atom is -0.372 e. The van der Waals surface area contributed by atoms with Crippen LogP contribution in [0.5, 0.6) is 0 Å². The number of hydrogen-bond acceptors (Lipinski definition) is 3. The second kappa shape index (κ2) is 6.53. The molecule has 1 amide bonds. The molecule has 4 heteroatoms. The Morgan fingerprint density at radius 2 is 1.77 bits per heavy atom. The molecule has 5 rings (SSSR count). The van der Waals surface area contributed by atoms with Crippen molar-refractivity contribution in [1.29, 1.82) is 0 Å². The lowest BCUT2D eigenvalue weighted by atomic mass is 10.0. The highest BCUT2D eigenvalue weighted by Gasteiger charge is 2.56. The van der Waals surface area contributed by atoms with Crippen LogP contribution >= 0.6 is 0 Å². The van der Waals surface area contributed by atoms with Gasteiger partial charge in [0.05, 0.1) is 19.6 Å². The number of carbonyl (C=O) groups excluding carboxylic acids is 1. The van der Waals surface area contributed by atoms with Crippen molar-refractivity contribution in [3.05, 3.63) is 70.8 Å². The van der Waals surface area contributed by atoms with Gasteiger partial charge in [-0.05, 0) is 34.1 Å². The number of hydrogen-bond donors (Lipinski definition) is 1. The topological polar surface area (TPSA) is 41.6 Å². The van der Waals surface area contributed by atoms with Crippen molar-refractivity contribution >= 4 is 5.91 Å². The zero-order valence-electron chi connectivity index (χ0n) is 14.9. The maximum Gasteiger partial charge on any atom is 0.224 e. The number of ether oxygens (including phenoxy) is 1. The standard InChI is InChI=1S/C22H24N2O2/c25-21(9-16-6-7-17-13-26-14-18(17)8-16)23-22-19-11-24(12-20(19)22)10-15-4-2-1-3-5-15/h1-8,19-20,22H,9-14H2,(H,23,25)/t19-,20+,22?. The Bertz CT molecular complexity index is 808. The Labute approximate surface area is 154 Å². The molecular weight excluding hydrogens is 324 g/mol. The van der Waals surface area contributed by atoms with Crippen LogP contribution in [-0.2, 0) is 35.7 Å². The van der Waals surface area contributed by atoms with E-state index < -0.39 is 0 Å². The Morgan fingerprint density at radius 3 is 2.58 bits per heavy atom. The molecule has 1 aliphatic carbocycles. The minimum atomic E-state index is 0.151. The predicted octanol–water partition coefficient (Wildman–Crippen LogP) is 2.51. The van der Waals surface area contributed by atoms with E-state index in [-0.39, 0.29) is 5.91 Å². The summed E-state index contributed by atoms with van der Waals surface area (Å²) in [5.74, 6) is 1.42. The molecule has 3 aliphatic rings. The van der Waals surface area contributed by atoms with E-state index in [9.17, 15) is 4.79 Å². The summed E-state index contributed by atoms with van der Waals surface area (Å²) in [4.78, 5) is 14.9. The molecule has 1 saturated carbocycles. The summed E-state index contributed by atoms with van der Waals surface area (Å²) in [7, 11) is 0. The van der Waals surface area contributed by atoms with Gasteiger partial charge in [0.25, 0.3) is 0 Å². The molecule has 0 aromatic heterocycles. The quantitative estimate of drug-likeness (QED) is 0.903. The van der Waals surface area contributed by atoms with Gasteiger partial charge in [0.1, 0.15) is 0 Å². The molecule has 1 N–H and O–H groups in total. The van der Waals surface area contributed by atoms with Crippen LogP contribution in [0.2, 0.25) is 0 Å². The van der Waals surface area contributed by atoms with Crippen molar-refractivity contribution in [2.45, 2.75) is 32.2 Å². The third-order valence-corrected chi connectivity index (χ3v) is 6.00. The van der Waals surface area contributed by atoms with E-state index in [1.807, 2.05) is 0 Å². The minimum absolute atomic E-state index is 0.151. The number of amides is 1. The van der Waals surface area contributed by atoms with Crippen LogP contribution in [0.3, 0.4) is 0 Å². The zero-order chi connectivity index (χ0) is 17.5. The molecule has 0 spiro atoms. The van der Waals surface area contributed by atoms with Gasteiger partial charge in [0, 0.05) is 25.7 Å². The average Bonchev–Trinajstić information content (AvgIpc) is 3.03. The zero-order valence-corrected chi connectivity index (χ0v) is 14.9. The second-order valence-electron chi connectivity index (χ2n) is 7.87. The third-order valence-electron chi connectivity index (χ3n) is 6.00. The van der Waals surface area contributed by atoms with Crippen LogP contribution in [0.15, 0.2) is 48.5 Å². The molecule has 1 saturated heterocycles. The molecule has 2 aliphatic heterocycles. The van der Waals surface area contributed by atoms with Crippen LogP contribution in [0.4, 0.5) is 0 Å². The number of nitrogens with one attached hydrogen (secondary N) is 1. The highest BCUT2D eigenvalue weighted by molar-refractivity contribution is 5.79. The fraction of sp³-hybridized carbons (Fsp3) is 0.409. The summed E-state index contributed by atoms with van der Waals surface area (Å²) in [6.45, 7) is 4.59. The Balaban J connectivity index is 1.11. The predicted molar refractivity (Wildman–Crippen MR) is 99.3 cm³/mol. The summed E-state index contributed by atoms with van der Waals surface area (Å²) in [6.07, 6.45) is 0.469. The normalized spacial score (nSPS) is 26.4. The number of rotatable bonds is 5. The summed E-state index contributed by atoms with van der Waals surface area (Å²) < 4.78 is 5.45. The second-order valence-corrected chi connectivity index (χ2v) is 7.87. The van der Waals surface area contributed by atoms with Gasteiger partial charge in [-0.15, -0.1) is 0 Å². The molecule has 0 bridgehead atoms. The molecule has 2 aromatic carbocycles. The Hall–Kier alpha value is -2.17. The summed E-state index contributed by atoms with van der Waals surface area (Å²) in [5.41, 5.74) is 4.94. The molecule has 2 fully saturated rings. The Kier molecular flexibility index (Phi) is 4.03. The van der Waals surface area contributed by atoms with Crippen LogP contribution in [0, 0.1) is 11.8 Å². The van der Waals surface area contributed by atoms with Crippen LogP contribution in [0.25, 0.3) is 0 Å². The van der Waals surface area contributed by atoms with E-state index in [0.29, 0.717) is 37.5 Å². The first-order valence-electron chi connectivity index (χ1n) is 9.50. The fourth-order valence-corrected chi connectivity index (χ4v) is 4.56. The van der Waals surface area contributed by atoms with Crippen molar-refractivity contribution in [2.24, 2.45) is 11.8 Å². The lowest BCUT2D eigenvalue weighted by Crippen LogP contribution is -2.35. The molecule has 3 atom stereocenters. The van der Waals surface area contributed by atoms with Gasteiger partial charge in [-0.1, -0.05) is 48.5 Å². The van der Waals surface area contributed by atoms with E-state index in [1.54, 1.807) is 0 Å². The fourth-order valence-electron chi connectivity index (χ4n) is 4.56. The van der Waals surface area contributed by atoms with Crippen molar-refractivity contribution in [3.8, 4) is 0 Å². The summed E-state index contributed by atoms with van der Waals surface area (Å²) in [6, 6.07) is 17.3. The molecule has 26 heavy (non-hydrogen) atoms. The first-order valence-corrected chi connectivity index (χ1v) is 9.50. The van der Waals surface area contributed by atoms with E-state index in [1.165, 1.54) is 16.7 Å². The lowest BCUT2D eigenvalue weighted by Gasteiger charge is -2.20. The van der Waals surface area contributed by atoms with Gasteiger partial charge < -0.3 is 10.1 Å². The number of fused-ring (bicyclic) bond motifs is 2. The average molecular weight is 348 g/mol. The van der Waals surface area contributed by atoms with Crippen molar-refractivity contribution < 1.29 is 9.53 Å². The summed E-state index contributed by atoms with van der Waals surface area (Å²) >= 11 is 0. The first kappa shape index (κ1) is 16.0. The van der Waals surface area contributed by atoms with Crippen LogP contribution in [-0.4, -0.2) is 29.9 Å². The third kappa shape index (κ3) is 3.15. The molecule has 1 unspecified atom stereocenters. The molecule has 134 valence electrons. The highest BCUT2D eigenvalue weighted by Crippen LogP contribution is 2.45. The van der Waals surface area contributed by atoms with E-state index in [0.717, 1.165) is 25.2 Å². The lowest BCUT2D eigenvalue weighted by molar-refractivity contribution is -0.120. The van der Waals surface area contributed by atoms with Gasteiger partial charge in [0.2, 0.25) is 5.91 Å². The molecular formula is C22H24N2O2. The van der Waals surface area contributed by atoms with E-state index in [2.05, 4.69) is 58.7 Å². The van der Waals surface area contributed by atoms with E-state index >= 15 is 0 Å². The number of likely N-dealkylation sites (tertiary alicyclic amines) is 1. The van der Waals surface area contributed by atoms with Crippen molar-refractivity contribution in [3.63, 3.8) is 0 Å². The maximum atomic E-state index is 12.4. The first-order chi connectivity index (χ1) is 12.8. The van der Waals surface area contributed by atoms with Gasteiger partial charge in [-0.3, -0.25) is 9.69 Å². The number of benzene rings is 2. The summed E-state index contributed by atoms with van der Waals surface area (Å²) in [5, 5.41) is 3.26. The molecule has 0 radical (unpaired) electrons.